The van der Waals surface area contributed by atoms with Crippen LogP contribution >= 0.6 is 12.4 Å². The van der Waals surface area contributed by atoms with Gasteiger partial charge in [0.2, 0.25) is 10.0 Å². The van der Waals surface area contributed by atoms with E-state index in [0.29, 0.717) is 12.5 Å². The molecule has 0 amide bonds. The van der Waals surface area contributed by atoms with E-state index in [1.165, 1.54) is 10.5 Å². The molecule has 2 rings (SSSR count). The molecule has 2 atom stereocenters. The first-order valence-corrected chi connectivity index (χ1v) is 7.71. The van der Waals surface area contributed by atoms with Gasteiger partial charge in [-0.15, -0.1) is 12.4 Å². The normalized spacial score (nSPS) is 24.1. The van der Waals surface area contributed by atoms with Crippen molar-refractivity contribution < 1.29 is 12.8 Å². The van der Waals surface area contributed by atoms with Crippen molar-refractivity contribution in [2.75, 3.05) is 13.1 Å². The molecule has 0 aromatic carbocycles. The highest BCUT2D eigenvalue weighted by molar-refractivity contribution is 7.89. The van der Waals surface area contributed by atoms with Gasteiger partial charge in [0.05, 0.1) is 6.20 Å². The minimum absolute atomic E-state index is 0. The van der Waals surface area contributed by atoms with Crippen molar-refractivity contribution in [3.63, 3.8) is 0 Å². The molecule has 0 radical (unpaired) electrons. The summed E-state index contributed by atoms with van der Waals surface area (Å²) in [5, 5.41) is 0. The first kappa shape index (κ1) is 17.3. The summed E-state index contributed by atoms with van der Waals surface area (Å²) in [4.78, 5) is 3.49. The summed E-state index contributed by atoms with van der Waals surface area (Å²) in [6, 6.07) is 0.769. The largest absolute Gasteiger partial charge is 0.329 e. The maximum atomic E-state index is 13.1. The third kappa shape index (κ3) is 3.46. The molecule has 1 aromatic heterocycles. The van der Waals surface area contributed by atoms with Gasteiger partial charge in [-0.2, -0.15) is 4.31 Å². The fourth-order valence-electron chi connectivity index (χ4n) is 2.43. The number of aromatic nitrogens is 1. The summed E-state index contributed by atoms with van der Waals surface area (Å²) in [7, 11) is -3.72. The minimum Gasteiger partial charge on any atom is -0.329 e. The van der Waals surface area contributed by atoms with Crippen molar-refractivity contribution >= 4 is 22.4 Å². The molecule has 2 heterocycles. The summed E-state index contributed by atoms with van der Waals surface area (Å²) in [6.45, 7) is 2.77. The summed E-state index contributed by atoms with van der Waals surface area (Å²) in [6.07, 6.45) is 3.68. The van der Waals surface area contributed by atoms with Crippen LogP contribution in [-0.2, 0) is 10.0 Å². The van der Waals surface area contributed by atoms with E-state index >= 15 is 0 Å². The van der Waals surface area contributed by atoms with Crippen LogP contribution in [0.4, 0.5) is 4.39 Å². The molecule has 1 aliphatic heterocycles. The molecule has 1 saturated heterocycles. The number of hydrogen-bond donors (Lipinski definition) is 1. The lowest BCUT2D eigenvalue weighted by Gasteiger charge is -2.36. The fraction of sp³-hybridized carbons (Fsp3) is 0.583. The zero-order valence-electron chi connectivity index (χ0n) is 11.2. The molecule has 1 aliphatic rings. The molecule has 2 unspecified atom stereocenters. The molecular weight excluding hydrogens is 305 g/mol. The quantitative estimate of drug-likeness (QED) is 0.912. The van der Waals surface area contributed by atoms with Crippen molar-refractivity contribution in [3.8, 4) is 0 Å². The van der Waals surface area contributed by atoms with Crippen LogP contribution < -0.4 is 5.73 Å². The summed E-state index contributed by atoms with van der Waals surface area (Å²) >= 11 is 0. The predicted molar refractivity (Wildman–Crippen MR) is 76.6 cm³/mol. The molecule has 0 bridgehead atoms. The van der Waals surface area contributed by atoms with Crippen LogP contribution in [0, 0.1) is 11.7 Å². The third-order valence-corrected chi connectivity index (χ3v) is 5.40. The van der Waals surface area contributed by atoms with Crippen molar-refractivity contribution in [3.05, 3.63) is 24.3 Å². The first-order chi connectivity index (χ1) is 8.95. The van der Waals surface area contributed by atoms with Crippen LogP contribution in [0.15, 0.2) is 23.4 Å². The van der Waals surface area contributed by atoms with E-state index in [2.05, 4.69) is 11.9 Å². The van der Waals surface area contributed by atoms with Crippen LogP contribution in [0.2, 0.25) is 0 Å². The molecule has 0 aliphatic carbocycles. The lowest BCUT2D eigenvalue weighted by molar-refractivity contribution is 0.211. The number of sulfonamides is 1. The van der Waals surface area contributed by atoms with Crippen molar-refractivity contribution in [1.82, 2.24) is 9.29 Å². The number of halogens is 2. The van der Waals surface area contributed by atoms with Crippen molar-refractivity contribution in [1.29, 1.82) is 0 Å². The van der Waals surface area contributed by atoms with Gasteiger partial charge in [-0.1, -0.05) is 6.92 Å². The lowest BCUT2D eigenvalue weighted by atomic mass is 9.94. The van der Waals surface area contributed by atoms with Gasteiger partial charge in [-0.3, -0.25) is 4.98 Å². The van der Waals surface area contributed by atoms with Gasteiger partial charge in [-0.05, 0) is 24.8 Å². The van der Waals surface area contributed by atoms with Gasteiger partial charge in [0.1, 0.15) is 10.7 Å². The van der Waals surface area contributed by atoms with Gasteiger partial charge in [-0.25, -0.2) is 12.8 Å². The zero-order valence-corrected chi connectivity index (χ0v) is 12.8. The van der Waals surface area contributed by atoms with Crippen LogP contribution in [0.5, 0.6) is 0 Å². The Balaban J connectivity index is 0.00000200. The lowest BCUT2D eigenvalue weighted by Crippen LogP contribution is -2.49. The first-order valence-electron chi connectivity index (χ1n) is 6.27. The van der Waals surface area contributed by atoms with Gasteiger partial charge >= 0.3 is 0 Å². The summed E-state index contributed by atoms with van der Waals surface area (Å²) < 4.78 is 39.5. The average Bonchev–Trinajstić information content (AvgIpc) is 2.38. The van der Waals surface area contributed by atoms with E-state index in [-0.39, 0.29) is 29.9 Å². The van der Waals surface area contributed by atoms with Crippen molar-refractivity contribution in [2.45, 2.75) is 30.7 Å². The molecule has 0 saturated carbocycles. The maximum Gasteiger partial charge on any atom is 0.245 e. The second-order valence-electron chi connectivity index (χ2n) is 4.97. The standard InChI is InChI=1S/C12H18FN3O2S.ClH/c1-9-2-3-16(11(4-9)6-14)19(17,18)12-5-10(13)7-15-8-12;/h5,7-9,11H,2-4,6,14H2,1H3;1H. The zero-order chi connectivity index (χ0) is 14.0. The molecule has 114 valence electrons. The summed E-state index contributed by atoms with van der Waals surface area (Å²) in [5.41, 5.74) is 5.66. The topological polar surface area (TPSA) is 76.3 Å². The SMILES string of the molecule is CC1CCN(S(=O)(=O)c2cncc(F)c2)C(CN)C1.Cl. The molecule has 20 heavy (non-hydrogen) atoms. The van der Waals surface area contributed by atoms with E-state index < -0.39 is 15.8 Å². The van der Waals surface area contributed by atoms with Crippen LogP contribution in [0.3, 0.4) is 0 Å². The van der Waals surface area contributed by atoms with Crippen molar-refractivity contribution in [2.24, 2.45) is 11.7 Å². The number of pyridine rings is 1. The smallest absolute Gasteiger partial charge is 0.245 e. The van der Waals surface area contributed by atoms with Gasteiger partial charge < -0.3 is 5.73 Å². The summed E-state index contributed by atoms with van der Waals surface area (Å²) in [5.74, 6) is -0.207. The molecule has 2 N–H and O–H groups in total. The highest BCUT2D eigenvalue weighted by Crippen LogP contribution is 2.27. The third-order valence-electron chi connectivity index (χ3n) is 3.48. The molecule has 1 fully saturated rings. The van der Waals surface area contributed by atoms with Crippen LogP contribution in [0.1, 0.15) is 19.8 Å². The molecule has 8 heteroatoms. The Morgan fingerprint density at radius 2 is 2.20 bits per heavy atom. The molecule has 0 spiro atoms. The van der Waals surface area contributed by atoms with E-state index in [1.54, 1.807) is 0 Å². The Morgan fingerprint density at radius 1 is 1.50 bits per heavy atom. The van der Waals surface area contributed by atoms with Gasteiger partial charge in [0.15, 0.2) is 0 Å². The highest BCUT2D eigenvalue weighted by Gasteiger charge is 2.35. The van der Waals surface area contributed by atoms with E-state index in [9.17, 15) is 12.8 Å². The number of nitrogens with zero attached hydrogens (tertiary/aromatic N) is 2. The Morgan fingerprint density at radius 3 is 2.80 bits per heavy atom. The fourth-order valence-corrected chi connectivity index (χ4v) is 4.07. The van der Waals surface area contributed by atoms with Crippen LogP contribution in [0.25, 0.3) is 0 Å². The van der Waals surface area contributed by atoms with E-state index in [0.717, 1.165) is 25.1 Å². The second-order valence-corrected chi connectivity index (χ2v) is 6.86. The number of rotatable bonds is 3. The predicted octanol–water partition coefficient (Wildman–Crippen LogP) is 1.39. The second kappa shape index (κ2) is 6.80. The van der Waals surface area contributed by atoms with E-state index in [4.69, 9.17) is 5.73 Å². The highest BCUT2D eigenvalue weighted by atomic mass is 35.5. The monoisotopic (exact) mass is 323 g/mol. The number of nitrogens with two attached hydrogens (primary N) is 1. The van der Waals surface area contributed by atoms with Gasteiger partial charge in [0, 0.05) is 25.3 Å². The maximum absolute atomic E-state index is 13.1. The minimum atomic E-state index is -3.72. The Hall–Kier alpha value is -0.760. The van der Waals surface area contributed by atoms with Gasteiger partial charge in [0.25, 0.3) is 0 Å². The average molecular weight is 324 g/mol. The van der Waals surface area contributed by atoms with Crippen LogP contribution in [-0.4, -0.2) is 36.8 Å². The Kier molecular flexibility index (Phi) is 5.88. The molecular formula is C12H19ClFN3O2S. The Bertz CT molecular complexity index is 555. The van der Waals surface area contributed by atoms with E-state index in [1.807, 2.05) is 0 Å². The number of piperidine rings is 1. The molecule has 5 nitrogen and oxygen atoms in total. The molecule has 1 aromatic rings. The Labute approximate surface area is 124 Å². The number of hydrogen-bond acceptors (Lipinski definition) is 4.